The molecule has 202 valence electrons. The first kappa shape index (κ1) is 26.4. The fourth-order valence-corrected chi connectivity index (χ4v) is 6.85. The van der Waals surface area contributed by atoms with E-state index in [1.165, 1.54) is 0 Å². The molecule has 7 heteroatoms. The first-order valence-corrected chi connectivity index (χ1v) is 13.8. The van der Waals surface area contributed by atoms with E-state index in [0.29, 0.717) is 36.0 Å². The third-order valence-corrected chi connectivity index (χ3v) is 8.64. The molecule has 6 rings (SSSR count). The lowest BCUT2D eigenvalue weighted by Crippen LogP contribution is -2.51. The number of aliphatic hydroxyl groups is 1. The van der Waals surface area contributed by atoms with E-state index in [0.717, 1.165) is 22.3 Å². The van der Waals surface area contributed by atoms with Gasteiger partial charge in [0, 0.05) is 28.5 Å². The summed E-state index contributed by atoms with van der Waals surface area (Å²) in [6.45, 7) is -0.229. The number of aliphatic hydroxyl groups excluding tert-OH is 1. The van der Waals surface area contributed by atoms with Gasteiger partial charge in [-0.1, -0.05) is 72.8 Å². The maximum Gasteiger partial charge on any atom is 0.455 e. The largest absolute Gasteiger partial charge is 0.507 e. The Hall–Kier alpha value is -3.78. The Morgan fingerprint density at radius 2 is 1.57 bits per heavy atom. The first-order chi connectivity index (χ1) is 19.5. The first-order valence-electron chi connectivity index (χ1n) is 13.8. The highest BCUT2D eigenvalue weighted by Crippen LogP contribution is 2.51. The van der Waals surface area contributed by atoms with Crippen molar-refractivity contribution in [3.63, 3.8) is 0 Å². The van der Waals surface area contributed by atoms with Crippen LogP contribution < -0.4 is 0 Å². The van der Waals surface area contributed by atoms with Crippen molar-refractivity contribution in [2.24, 2.45) is 17.8 Å². The van der Waals surface area contributed by atoms with Crippen molar-refractivity contribution in [3.05, 3.63) is 112 Å². The van der Waals surface area contributed by atoms with Crippen molar-refractivity contribution in [1.82, 2.24) is 0 Å². The van der Waals surface area contributed by atoms with Gasteiger partial charge in [0.25, 0.3) is 0 Å². The highest BCUT2D eigenvalue weighted by atomic mass is 16.5. The minimum Gasteiger partial charge on any atom is -0.507 e. The molecule has 3 aromatic rings. The quantitative estimate of drug-likeness (QED) is 0.228. The molecule has 1 heterocycles. The summed E-state index contributed by atoms with van der Waals surface area (Å²) in [5, 5.41) is 31.6. The molecule has 0 aromatic heterocycles. The maximum absolute atomic E-state index is 13.8. The maximum atomic E-state index is 13.8. The van der Waals surface area contributed by atoms with Crippen molar-refractivity contribution in [3.8, 4) is 5.75 Å². The van der Waals surface area contributed by atoms with E-state index in [1.807, 2.05) is 48.5 Å². The van der Waals surface area contributed by atoms with Crippen LogP contribution in [-0.2, 0) is 4.65 Å². The van der Waals surface area contributed by atoms with Crippen LogP contribution in [0.1, 0.15) is 51.1 Å². The number of hydrogen-bond donors (Lipinski definition) is 3. The van der Waals surface area contributed by atoms with Gasteiger partial charge in [-0.15, -0.1) is 0 Å². The Balaban J connectivity index is 1.35. The number of para-hydroxylation sites is 1. The molecule has 1 aliphatic heterocycles. The molecule has 0 radical (unpaired) electrons. The number of hydrogen-bond acceptors (Lipinski definition) is 6. The van der Waals surface area contributed by atoms with Crippen molar-refractivity contribution in [2.75, 3.05) is 6.61 Å². The summed E-state index contributed by atoms with van der Waals surface area (Å²) < 4.78 is 6.07. The topological polar surface area (TPSA) is 104 Å². The lowest BCUT2D eigenvalue weighted by Gasteiger charge is -2.47. The number of allylic oxidation sites excluding steroid dienone is 1. The monoisotopic (exact) mass is 534 g/mol. The van der Waals surface area contributed by atoms with E-state index in [-0.39, 0.29) is 36.2 Å². The van der Waals surface area contributed by atoms with E-state index in [2.05, 4.69) is 0 Å². The van der Waals surface area contributed by atoms with Gasteiger partial charge >= 0.3 is 7.12 Å². The molecule has 0 bridgehead atoms. The second-order valence-corrected chi connectivity index (χ2v) is 10.9. The lowest BCUT2D eigenvalue weighted by atomic mass is 9.54. The van der Waals surface area contributed by atoms with Crippen molar-refractivity contribution in [2.45, 2.75) is 31.7 Å². The van der Waals surface area contributed by atoms with E-state index < -0.39 is 25.1 Å². The fourth-order valence-electron chi connectivity index (χ4n) is 6.85. The number of phenolic OH excluding ortho intramolecular Hbond substituents is 1. The number of Topliss-reactive ketones (excluding diaryl/α,β-unsaturated/α-hetero) is 2. The highest BCUT2D eigenvalue weighted by Gasteiger charge is 2.53. The number of carbonyl (C=O) groups is 2. The predicted octanol–water partition coefficient (Wildman–Crippen LogP) is 5.21. The molecule has 0 amide bonds. The summed E-state index contributed by atoms with van der Waals surface area (Å²) >= 11 is 0. The molecule has 0 unspecified atom stereocenters. The fraction of sp³-hybridized carbons (Fsp3) is 0.273. The Bertz CT molecular complexity index is 1510. The molecule has 2 aliphatic carbocycles. The Morgan fingerprint density at radius 1 is 0.900 bits per heavy atom. The summed E-state index contributed by atoms with van der Waals surface area (Å²) in [6.07, 6.45) is 3.01. The average molecular weight is 534 g/mol. The lowest BCUT2D eigenvalue weighted by molar-refractivity contribution is 0.0591. The molecule has 1 saturated heterocycles. The summed E-state index contributed by atoms with van der Waals surface area (Å²) in [4.78, 5) is 27.2. The van der Waals surface area contributed by atoms with Gasteiger partial charge in [0.15, 0.2) is 11.6 Å². The van der Waals surface area contributed by atoms with Crippen molar-refractivity contribution < 1.29 is 29.5 Å². The summed E-state index contributed by atoms with van der Waals surface area (Å²) in [6, 6.07) is 24.0. The van der Waals surface area contributed by atoms with Gasteiger partial charge in [-0.3, -0.25) is 9.59 Å². The molecule has 3 aliphatic rings. The predicted molar refractivity (Wildman–Crippen MR) is 154 cm³/mol. The average Bonchev–Trinajstić information content (AvgIpc) is 2.98. The molecule has 40 heavy (non-hydrogen) atoms. The molecule has 3 aromatic carbocycles. The zero-order valence-corrected chi connectivity index (χ0v) is 22.1. The molecule has 4 atom stereocenters. The number of benzene rings is 3. The number of phenols is 1. The summed E-state index contributed by atoms with van der Waals surface area (Å²) in [5.41, 5.74) is 5.16. The van der Waals surface area contributed by atoms with Crippen molar-refractivity contribution >= 4 is 30.3 Å². The SMILES string of the molecule is O=C1c2ccccc2C(=O)[C@@H]2CC(CO)=C3[C@@H](CC/C(=C/c4ccccc4O)c4ccccc4)OB(O)C[C@@H]3[C@H]12. The van der Waals surface area contributed by atoms with E-state index in [1.54, 1.807) is 36.4 Å². The molecule has 3 N–H and O–H groups in total. The third kappa shape index (κ3) is 4.75. The third-order valence-electron chi connectivity index (χ3n) is 8.64. The number of carbonyl (C=O) groups excluding carboxylic acids is 2. The van der Waals surface area contributed by atoms with Crippen LogP contribution in [0.4, 0.5) is 0 Å². The smallest absolute Gasteiger partial charge is 0.455 e. The van der Waals surface area contributed by atoms with Crippen LogP contribution >= 0.6 is 0 Å². The second-order valence-electron chi connectivity index (χ2n) is 10.9. The van der Waals surface area contributed by atoms with Gasteiger partial charge in [0.05, 0.1) is 12.7 Å². The van der Waals surface area contributed by atoms with Gasteiger partial charge in [-0.2, -0.15) is 0 Å². The van der Waals surface area contributed by atoms with Crippen LogP contribution in [0.2, 0.25) is 6.32 Å². The van der Waals surface area contributed by atoms with E-state index >= 15 is 0 Å². The van der Waals surface area contributed by atoms with Crippen LogP contribution in [0.5, 0.6) is 5.75 Å². The Labute approximate surface area is 233 Å². The minimum atomic E-state index is -1.08. The summed E-state index contributed by atoms with van der Waals surface area (Å²) in [7, 11) is -1.08. The van der Waals surface area contributed by atoms with Crippen LogP contribution in [0.3, 0.4) is 0 Å². The molecular weight excluding hydrogens is 503 g/mol. The zero-order valence-electron chi connectivity index (χ0n) is 22.1. The molecular formula is C33H31BO6. The van der Waals surface area contributed by atoms with Crippen molar-refractivity contribution in [1.29, 1.82) is 0 Å². The normalized spacial score (nSPS) is 24.4. The number of aromatic hydroxyl groups is 1. The van der Waals surface area contributed by atoms with Gasteiger partial charge in [-0.25, -0.2) is 0 Å². The molecule has 0 saturated carbocycles. The summed E-state index contributed by atoms with van der Waals surface area (Å²) in [5.74, 6) is -1.48. The van der Waals surface area contributed by atoms with Crippen LogP contribution in [-0.4, -0.2) is 46.6 Å². The van der Waals surface area contributed by atoms with Gasteiger partial charge in [0.2, 0.25) is 0 Å². The number of fused-ring (bicyclic) bond motifs is 4. The van der Waals surface area contributed by atoms with Gasteiger partial charge < -0.3 is 19.9 Å². The Kier molecular flexibility index (Phi) is 7.28. The van der Waals surface area contributed by atoms with E-state index in [9.17, 15) is 24.8 Å². The standard InChI is InChI=1S/C33H31BO6/c35-19-23-17-26-31(33(38)25-12-6-5-11-24(25)32(26)37)27-18-34(39)40-29(30(23)27)15-14-21(20-8-2-1-3-9-20)16-22-10-4-7-13-28(22)36/h1-13,16,26-27,29,31,35-36,39H,14-15,17-19H2/b21-16-/t26-,27+,29-,31-/m1/s1. The van der Waals surface area contributed by atoms with E-state index in [4.69, 9.17) is 4.65 Å². The van der Waals surface area contributed by atoms with Crippen LogP contribution in [0.25, 0.3) is 11.6 Å². The Morgan fingerprint density at radius 3 is 2.30 bits per heavy atom. The second kappa shape index (κ2) is 11.0. The van der Waals surface area contributed by atoms with Crippen LogP contribution in [0, 0.1) is 17.8 Å². The minimum absolute atomic E-state index is 0.0697. The number of ketones is 2. The number of rotatable bonds is 6. The van der Waals surface area contributed by atoms with Gasteiger partial charge in [0.1, 0.15) is 5.75 Å². The van der Waals surface area contributed by atoms with Gasteiger partial charge in [-0.05, 0) is 65.9 Å². The highest BCUT2D eigenvalue weighted by molar-refractivity contribution is 6.43. The molecule has 0 spiro atoms. The zero-order chi connectivity index (χ0) is 27.8. The van der Waals surface area contributed by atoms with Crippen LogP contribution in [0.15, 0.2) is 90.0 Å². The molecule has 1 fully saturated rings. The molecule has 6 nitrogen and oxygen atoms in total.